The Morgan fingerprint density at radius 3 is 3.00 bits per heavy atom. The standard InChI is InChI=1S/C9H13ClO/c1-7-2-3-9(11)6-8(7)4-5-10/h4-5,9,11H,2-3,6H2,1H3/b5-4+/t9-/m0/s1. The summed E-state index contributed by atoms with van der Waals surface area (Å²) in [5, 5.41) is 9.31. The highest BCUT2D eigenvalue weighted by Crippen LogP contribution is 2.25. The van der Waals surface area contributed by atoms with Crippen molar-refractivity contribution < 1.29 is 5.11 Å². The van der Waals surface area contributed by atoms with Crippen molar-refractivity contribution in [3.05, 3.63) is 22.8 Å². The third-order valence-corrected chi connectivity index (χ3v) is 2.25. The maximum atomic E-state index is 9.31. The van der Waals surface area contributed by atoms with Crippen LogP contribution in [0.3, 0.4) is 0 Å². The number of rotatable bonds is 1. The quantitative estimate of drug-likeness (QED) is 0.645. The predicted octanol–water partition coefficient (Wildman–Crippen LogP) is 2.60. The first-order chi connectivity index (χ1) is 5.24. The van der Waals surface area contributed by atoms with Crippen LogP contribution < -0.4 is 0 Å². The monoisotopic (exact) mass is 172 g/mol. The van der Waals surface area contributed by atoms with Crippen molar-refractivity contribution in [3.8, 4) is 0 Å². The predicted molar refractivity (Wildman–Crippen MR) is 47.6 cm³/mol. The summed E-state index contributed by atoms with van der Waals surface area (Å²) >= 11 is 5.45. The van der Waals surface area contributed by atoms with Crippen LogP contribution in [-0.2, 0) is 0 Å². The molecule has 62 valence electrons. The van der Waals surface area contributed by atoms with Crippen molar-refractivity contribution >= 4 is 11.6 Å². The summed E-state index contributed by atoms with van der Waals surface area (Å²) in [4.78, 5) is 0. The fourth-order valence-corrected chi connectivity index (χ4v) is 1.51. The first-order valence-corrected chi connectivity index (χ1v) is 4.31. The van der Waals surface area contributed by atoms with Crippen molar-refractivity contribution in [1.82, 2.24) is 0 Å². The van der Waals surface area contributed by atoms with Gasteiger partial charge in [-0.1, -0.05) is 17.2 Å². The summed E-state index contributed by atoms with van der Waals surface area (Å²) in [5.74, 6) is 0. The molecule has 0 fully saturated rings. The van der Waals surface area contributed by atoms with E-state index in [9.17, 15) is 5.11 Å². The average molecular weight is 173 g/mol. The molecule has 0 aromatic heterocycles. The second-order valence-electron chi connectivity index (χ2n) is 2.99. The van der Waals surface area contributed by atoms with Crippen LogP contribution in [0.2, 0.25) is 0 Å². The zero-order chi connectivity index (χ0) is 8.27. The topological polar surface area (TPSA) is 20.2 Å². The van der Waals surface area contributed by atoms with Crippen LogP contribution in [-0.4, -0.2) is 11.2 Å². The number of hydrogen-bond donors (Lipinski definition) is 1. The second-order valence-corrected chi connectivity index (χ2v) is 3.25. The smallest absolute Gasteiger partial charge is 0.0583 e. The lowest BCUT2D eigenvalue weighted by molar-refractivity contribution is 0.159. The van der Waals surface area contributed by atoms with E-state index in [-0.39, 0.29) is 6.10 Å². The van der Waals surface area contributed by atoms with E-state index in [2.05, 4.69) is 6.92 Å². The number of hydrogen-bond acceptors (Lipinski definition) is 1. The molecule has 0 unspecified atom stereocenters. The van der Waals surface area contributed by atoms with E-state index >= 15 is 0 Å². The van der Waals surface area contributed by atoms with Crippen LogP contribution in [0, 0.1) is 0 Å². The van der Waals surface area contributed by atoms with Crippen LogP contribution in [0.4, 0.5) is 0 Å². The van der Waals surface area contributed by atoms with Gasteiger partial charge in [0.05, 0.1) is 6.10 Å². The molecule has 1 aliphatic rings. The Balaban J connectivity index is 2.71. The highest BCUT2D eigenvalue weighted by Gasteiger charge is 2.14. The third-order valence-electron chi connectivity index (χ3n) is 2.12. The van der Waals surface area contributed by atoms with Crippen molar-refractivity contribution in [2.24, 2.45) is 0 Å². The molecule has 2 heteroatoms. The largest absolute Gasteiger partial charge is 0.393 e. The van der Waals surface area contributed by atoms with Gasteiger partial charge in [0, 0.05) is 5.54 Å². The Morgan fingerprint density at radius 1 is 1.64 bits per heavy atom. The number of aliphatic hydroxyl groups is 1. The van der Waals surface area contributed by atoms with Gasteiger partial charge in [-0.2, -0.15) is 0 Å². The molecule has 0 aromatic carbocycles. The van der Waals surface area contributed by atoms with Gasteiger partial charge in [0.25, 0.3) is 0 Å². The molecule has 1 N–H and O–H groups in total. The highest BCUT2D eigenvalue weighted by molar-refractivity contribution is 6.25. The van der Waals surface area contributed by atoms with Gasteiger partial charge >= 0.3 is 0 Å². The van der Waals surface area contributed by atoms with Crippen LogP contribution in [0.25, 0.3) is 0 Å². The van der Waals surface area contributed by atoms with Crippen molar-refractivity contribution in [3.63, 3.8) is 0 Å². The SMILES string of the molecule is CC1=C(/C=C/Cl)C[C@@H](O)CC1. The minimum Gasteiger partial charge on any atom is -0.393 e. The molecule has 0 spiro atoms. The molecule has 0 radical (unpaired) electrons. The first-order valence-electron chi connectivity index (χ1n) is 3.87. The van der Waals surface area contributed by atoms with E-state index in [1.54, 1.807) is 0 Å². The van der Waals surface area contributed by atoms with Gasteiger partial charge in [-0.05, 0) is 37.8 Å². The van der Waals surface area contributed by atoms with Gasteiger partial charge in [-0.25, -0.2) is 0 Å². The summed E-state index contributed by atoms with van der Waals surface area (Å²) in [5.41, 5.74) is 4.06. The Hall–Kier alpha value is -0.270. The fraction of sp³-hybridized carbons (Fsp3) is 0.556. The molecule has 0 heterocycles. The normalized spacial score (nSPS) is 26.6. The fourth-order valence-electron chi connectivity index (χ4n) is 1.36. The minimum absolute atomic E-state index is 0.165. The van der Waals surface area contributed by atoms with Crippen LogP contribution >= 0.6 is 11.6 Å². The van der Waals surface area contributed by atoms with E-state index in [4.69, 9.17) is 11.6 Å². The van der Waals surface area contributed by atoms with E-state index in [0.29, 0.717) is 0 Å². The third kappa shape index (κ3) is 2.35. The average Bonchev–Trinajstić information content (AvgIpc) is 1.98. The van der Waals surface area contributed by atoms with Gasteiger partial charge in [0.1, 0.15) is 0 Å². The molecule has 0 bridgehead atoms. The lowest BCUT2D eigenvalue weighted by atomic mass is 9.91. The maximum Gasteiger partial charge on any atom is 0.0583 e. The summed E-state index contributed by atoms with van der Waals surface area (Å²) in [6.45, 7) is 2.10. The second kappa shape index (κ2) is 3.93. The molecule has 1 rings (SSSR count). The molecule has 1 nitrogen and oxygen atoms in total. The number of aliphatic hydroxyl groups excluding tert-OH is 1. The molecular weight excluding hydrogens is 160 g/mol. The van der Waals surface area contributed by atoms with Crippen LogP contribution in [0.1, 0.15) is 26.2 Å². The molecule has 0 aliphatic heterocycles. The van der Waals surface area contributed by atoms with Gasteiger partial charge in [0.15, 0.2) is 0 Å². The summed E-state index contributed by atoms with van der Waals surface area (Å²) in [6.07, 6.45) is 4.36. The Labute approximate surface area is 72.4 Å². The molecular formula is C9H13ClO. The summed E-state index contributed by atoms with van der Waals surface area (Å²) in [7, 11) is 0. The van der Waals surface area contributed by atoms with Gasteiger partial charge in [-0.3, -0.25) is 0 Å². The molecule has 0 aromatic rings. The van der Waals surface area contributed by atoms with E-state index in [1.807, 2.05) is 6.08 Å². The van der Waals surface area contributed by atoms with E-state index in [0.717, 1.165) is 19.3 Å². The minimum atomic E-state index is -0.165. The van der Waals surface area contributed by atoms with Crippen LogP contribution in [0.5, 0.6) is 0 Å². The van der Waals surface area contributed by atoms with Gasteiger partial charge in [0.2, 0.25) is 0 Å². The highest BCUT2D eigenvalue weighted by atomic mass is 35.5. The molecule has 11 heavy (non-hydrogen) atoms. The lowest BCUT2D eigenvalue weighted by Gasteiger charge is -2.19. The van der Waals surface area contributed by atoms with Gasteiger partial charge < -0.3 is 5.11 Å². The van der Waals surface area contributed by atoms with E-state index < -0.39 is 0 Å². The molecule has 1 aliphatic carbocycles. The molecule has 0 amide bonds. The number of allylic oxidation sites excluding steroid dienone is 2. The van der Waals surface area contributed by atoms with E-state index in [1.165, 1.54) is 16.7 Å². The van der Waals surface area contributed by atoms with Crippen molar-refractivity contribution in [2.75, 3.05) is 0 Å². The Morgan fingerprint density at radius 2 is 2.36 bits per heavy atom. The summed E-state index contributed by atoms with van der Waals surface area (Å²) in [6, 6.07) is 0. The zero-order valence-electron chi connectivity index (χ0n) is 6.68. The molecule has 1 atom stereocenters. The first kappa shape index (κ1) is 8.82. The van der Waals surface area contributed by atoms with Gasteiger partial charge in [-0.15, -0.1) is 0 Å². The molecule has 0 saturated carbocycles. The van der Waals surface area contributed by atoms with Crippen LogP contribution in [0.15, 0.2) is 22.8 Å². The Kier molecular flexibility index (Phi) is 3.16. The number of halogens is 1. The zero-order valence-corrected chi connectivity index (χ0v) is 7.43. The molecule has 0 saturated heterocycles. The van der Waals surface area contributed by atoms with Crippen molar-refractivity contribution in [1.29, 1.82) is 0 Å². The Bertz CT molecular complexity index is 194. The maximum absolute atomic E-state index is 9.31. The van der Waals surface area contributed by atoms with Crippen molar-refractivity contribution in [2.45, 2.75) is 32.3 Å². The summed E-state index contributed by atoms with van der Waals surface area (Å²) < 4.78 is 0. The lowest BCUT2D eigenvalue weighted by Crippen LogP contribution is -2.12.